The van der Waals surface area contributed by atoms with E-state index in [1.54, 1.807) is 17.7 Å². The number of benzene rings is 1. The molecule has 0 unspecified atom stereocenters. The monoisotopic (exact) mass is 378 g/mol. The molecule has 0 saturated carbocycles. The number of fused-ring (bicyclic) bond motifs is 1. The summed E-state index contributed by atoms with van der Waals surface area (Å²) in [5.74, 6) is 0.869. The molecule has 0 radical (unpaired) electrons. The van der Waals surface area contributed by atoms with Crippen LogP contribution < -0.4 is 10.2 Å². The molecule has 1 aliphatic rings. The van der Waals surface area contributed by atoms with Crippen LogP contribution in [-0.4, -0.2) is 45.2 Å². The minimum atomic E-state index is -0.0559. The molecule has 136 valence electrons. The first-order chi connectivity index (χ1) is 13.3. The minimum absolute atomic E-state index is 0.0559. The third-order valence-electron chi connectivity index (χ3n) is 4.88. The Morgan fingerprint density at radius 1 is 1.30 bits per heavy atom. The number of anilines is 1. The van der Waals surface area contributed by atoms with Crippen molar-refractivity contribution in [3.63, 3.8) is 0 Å². The molecule has 1 saturated heterocycles. The Morgan fingerprint density at radius 3 is 3.15 bits per heavy atom. The lowest BCUT2D eigenvalue weighted by Gasteiger charge is -2.16. The fraction of sp³-hybridized carbons (Fsp3) is 0.211. The van der Waals surface area contributed by atoms with Crippen LogP contribution in [0.25, 0.3) is 21.6 Å². The molecule has 8 heteroatoms. The Bertz CT molecular complexity index is 1080. The number of carbonyl (C=O) groups excluding carboxylic acids is 1. The van der Waals surface area contributed by atoms with Gasteiger partial charge in [-0.25, -0.2) is 4.98 Å². The molecule has 5 rings (SSSR count). The van der Waals surface area contributed by atoms with Gasteiger partial charge in [-0.3, -0.25) is 9.89 Å². The van der Waals surface area contributed by atoms with E-state index in [9.17, 15) is 4.79 Å². The quantitative estimate of drug-likeness (QED) is 0.509. The molecule has 0 aliphatic carbocycles. The molecular weight excluding hydrogens is 360 g/mol. The number of hydrogen-bond acceptors (Lipinski definition) is 5. The van der Waals surface area contributed by atoms with Gasteiger partial charge in [-0.05, 0) is 36.1 Å². The van der Waals surface area contributed by atoms with Crippen LogP contribution in [0.1, 0.15) is 16.8 Å². The molecule has 7 nitrogen and oxygen atoms in total. The lowest BCUT2D eigenvalue weighted by Crippen LogP contribution is -2.37. The summed E-state index contributed by atoms with van der Waals surface area (Å²) in [5.41, 5.74) is 3.40. The van der Waals surface area contributed by atoms with Gasteiger partial charge in [0.2, 0.25) is 0 Å². The number of rotatable bonds is 4. The Labute approximate surface area is 159 Å². The molecule has 4 heterocycles. The van der Waals surface area contributed by atoms with Gasteiger partial charge >= 0.3 is 0 Å². The van der Waals surface area contributed by atoms with E-state index in [-0.39, 0.29) is 11.9 Å². The van der Waals surface area contributed by atoms with Gasteiger partial charge in [-0.15, -0.1) is 11.3 Å². The van der Waals surface area contributed by atoms with Gasteiger partial charge in [0.1, 0.15) is 0 Å². The van der Waals surface area contributed by atoms with Crippen LogP contribution in [0, 0.1) is 0 Å². The SMILES string of the molecule is O=C(N[C@H]1CCN(c2cc(-c3cccs3)[nH]n2)C1)c1ccc2nc[nH]c2c1. The largest absolute Gasteiger partial charge is 0.353 e. The van der Waals surface area contributed by atoms with E-state index >= 15 is 0 Å². The summed E-state index contributed by atoms with van der Waals surface area (Å²) >= 11 is 1.69. The van der Waals surface area contributed by atoms with Crippen molar-refractivity contribution in [1.82, 2.24) is 25.5 Å². The summed E-state index contributed by atoms with van der Waals surface area (Å²) in [6, 6.07) is 11.8. The van der Waals surface area contributed by atoms with Crippen molar-refractivity contribution < 1.29 is 4.79 Å². The van der Waals surface area contributed by atoms with E-state index in [1.165, 1.54) is 4.88 Å². The number of nitrogens with one attached hydrogen (secondary N) is 3. The lowest BCUT2D eigenvalue weighted by molar-refractivity contribution is 0.0940. The van der Waals surface area contributed by atoms with Crippen molar-refractivity contribution in [1.29, 1.82) is 0 Å². The Balaban J connectivity index is 1.25. The summed E-state index contributed by atoms with van der Waals surface area (Å²) < 4.78 is 0. The number of thiophene rings is 1. The van der Waals surface area contributed by atoms with Crippen LogP contribution in [-0.2, 0) is 0 Å². The number of imidazole rings is 1. The summed E-state index contributed by atoms with van der Waals surface area (Å²) in [6.07, 6.45) is 2.54. The van der Waals surface area contributed by atoms with E-state index in [1.807, 2.05) is 24.3 Å². The van der Waals surface area contributed by atoms with Gasteiger partial charge in [0.15, 0.2) is 5.82 Å². The first-order valence-corrected chi connectivity index (χ1v) is 9.72. The second-order valence-electron chi connectivity index (χ2n) is 6.66. The highest BCUT2D eigenvalue weighted by atomic mass is 32.1. The number of amides is 1. The maximum atomic E-state index is 12.6. The Hall–Kier alpha value is -3.13. The zero-order chi connectivity index (χ0) is 18.2. The Morgan fingerprint density at radius 2 is 2.26 bits per heavy atom. The van der Waals surface area contributed by atoms with E-state index in [4.69, 9.17) is 0 Å². The molecule has 1 fully saturated rings. The highest BCUT2D eigenvalue weighted by molar-refractivity contribution is 7.13. The number of nitrogens with zero attached hydrogens (tertiary/aromatic N) is 3. The van der Waals surface area contributed by atoms with Crippen molar-refractivity contribution in [2.75, 3.05) is 18.0 Å². The van der Waals surface area contributed by atoms with Crippen LogP contribution in [0.15, 0.2) is 48.1 Å². The first-order valence-electron chi connectivity index (χ1n) is 8.84. The van der Waals surface area contributed by atoms with Crippen LogP contribution in [0.5, 0.6) is 0 Å². The number of carbonyl (C=O) groups is 1. The van der Waals surface area contributed by atoms with E-state index in [2.05, 4.69) is 47.9 Å². The second-order valence-corrected chi connectivity index (χ2v) is 7.60. The van der Waals surface area contributed by atoms with Gasteiger partial charge in [-0.1, -0.05) is 6.07 Å². The van der Waals surface area contributed by atoms with Gasteiger partial charge in [0.05, 0.1) is 27.9 Å². The average molecular weight is 378 g/mol. The Kier molecular flexibility index (Phi) is 3.90. The van der Waals surface area contributed by atoms with E-state index in [0.717, 1.165) is 42.1 Å². The molecular formula is C19H18N6OS. The zero-order valence-electron chi connectivity index (χ0n) is 14.5. The van der Waals surface area contributed by atoms with Gasteiger partial charge < -0.3 is 15.2 Å². The lowest BCUT2D eigenvalue weighted by atomic mass is 10.1. The van der Waals surface area contributed by atoms with Crippen molar-refractivity contribution in [3.05, 3.63) is 53.7 Å². The number of H-pyrrole nitrogens is 2. The van der Waals surface area contributed by atoms with Gasteiger partial charge in [-0.2, -0.15) is 5.10 Å². The highest BCUT2D eigenvalue weighted by Gasteiger charge is 2.26. The predicted octanol–water partition coefficient (Wildman–Crippen LogP) is 3.02. The third-order valence-corrected chi connectivity index (χ3v) is 5.78. The van der Waals surface area contributed by atoms with Crippen molar-refractivity contribution in [2.45, 2.75) is 12.5 Å². The second kappa shape index (κ2) is 6.55. The predicted molar refractivity (Wildman–Crippen MR) is 106 cm³/mol. The molecule has 27 heavy (non-hydrogen) atoms. The molecule has 3 N–H and O–H groups in total. The van der Waals surface area contributed by atoms with Crippen LogP contribution in [0.2, 0.25) is 0 Å². The van der Waals surface area contributed by atoms with Gasteiger partial charge in [0.25, 0.3) is 5.91 Å². The smallest absolute Gasteiger partial charge is 0.251 e. The fourth-order valence-electron chi connectivity index (χ4n) is 3.46. The summed E-state index contributed by atoms with van der Waals surface area (Å²) in [6.45, 7) is 1.63. The fourth-order valence-corrected chi connectivity index (χ4v) is 4.16. The van der Waals surface area contributed by atoms with Gasteiger partial charge in [0, 0.05) is 30.8 Å². The van der Waals surface area contributed by atoms with E-state index in [0.29, 0.717) is 5.56 Å². The minimum Gasteiger partial charge on any atom is -0.353 e. The molecule has 1 amide bonds. The van der Waals surface area contributed by atoms with Crippen LogP contribution in [0.3, 0.4) is 0 Å². The summed E-state index contributed by atoms with van der Waals surface area (Å²) in [5, 5.41) is 12.7. The highest BCUT2D eigenvalue weighted by Crippen LogP contribution is 2.27. The number of aromatic nitrogens is 4. The molecule has 1 atom stereocenters. The molecule has 3 aromatic heterocycles. The zero-order valence-corrected chi connectivity index (χ0v) is 15.3. The molecule has 0 spiro atoms. The molecule has 1 aliphatic heterocycles. The van der Waals surface area contributed by atoms with Crippen molar-refractivity contribution >= 4 is 34.1 Å². The maximum Gasteiger partial charge on any atom is 0.251 e. The van der Waals surface area contributed by atoms with E-state index < -0.39 is 0 Å². The topological polar surface area (TPSA) is 89.7 Å². The summed E-state index contributed by atoms with van der Waals surface area (Å²) in [7, 11) is 0. The maximum absolute atomic E-state index is 12.6. The average Bonchev–Trinajstić information content (AvgIpc) is 3.47. The number of aromatic amines is 2. The normalized spacial score (nSPS) is 16.9. The summed E-state index contributed by atoms with van der Waals surface area (Å²) in [4.78, 5) is 23.2. The first kappa shape index (κ1) is 16.1. The molecule has 0 bridgehead atoms. The van der Waals surface area contributed by atoms with Crippen LogP contribution in [0.4, 0.5) is 5.82 Å². The third kappa shape index (κ3) is 3.08. The molecule has 4 aromatic rings. The van der Waals surface area contributed by atoms with Crippen LogP contribution >= 0.6 is 11.3 Å². The number of hydrogen-bond donors (Lipinski definition) is 3. The van der Waals surface area contributed by atoms with Crippen molar-refractivity contribution in [3.8, 4) is 10.6 Å². The van der Waals surface area contributed by atoms with Crippen molar-refractivity contribution in [2.24, 2.45) is 0 Å². The molecule has 1 aromatic carbocycles. The standard InChI is InChI=1S/C19H18N6OS/c26-19(12-3-4-14-15(8-12)21-11-20-14)22-13-5-6-25(10-13)18-9-16(23-24-18)17-2-1-7-27-17/h1-4,7-9,11,13H,5-6,10H2,(H,20,21)(H,22,26)(H,23,24)/t13-/m0/s1.